The van der Waals surface area contributed by atoms with Crippen LogP contribution in [0.25, 0.3) is 0 Å². The highest BCUT2D eigenvalue weighted by atomic mass is 32.2. The fourth-order valence-electron chi connectivity index (χ4n) is 2.85. The second-order valence-corrected chi connectivity index (χ2v) is 8.36. The SMILES string of the molecule is C1CC(CC2CC2)C1.CCCSC.CNC(=O)c1ccc(C(F)(F)F)nc1C. The Morgan fingerprint density at radius 3 is 2.14 bits per heavy atom. The third-order valence-electron chi connectivity index (χ3n) is 4.84. The van der Waals surface area contributed by atoms with Gasteiger partial charge in [0.05, 0.1) is 11.3 Å². The second-order valence-electron chi connectivity index (χ2n) is 7.38. The molecule has 0 aromatic carbocycles. The molecule has 2 aliphatic rings. The Bertz CT molecular complexity index is 598. The number of thioether (sulfide) groups is 1. The number of rotatable bonds is 5. The van der Waals surface area contributed by atoms with E-state index in [1.807, 2.05) is 11.8 Å². The van der Waals surface area contributed by atoms with Crippen LogP contribution in [0.4, 0.5) is 13.2 Å². The molecule has 3 rings (SSSR count). The molecule has 7 heteroatoms. The normalized spacial score (nSPS) is 16.1. The average molecular weight is 419 g/mol. The van der Waals surface area contributed by atoms with Crippen LogP contribution < -0.4 is 5.32 Å². The van der Waals surface area contributed by atoms with Crippen molar-refractivity contribution in [2.24, 2.45) is 11.8 Å². The molecule has 1 N–H and O–H groups in total. The number of nitrogens with one attached hydrogen (secondary N) is 1. The van der Waals surface area contributed by atoms with Gasteiger partial charge in [-0.2, -0.15) is 24.9 Å². The Morgan fingerprint density at radius 2 is 1.82 bits per heavy atom. The van der Waals surface area contributed by atoms with E-state index in [0.717, 1.165) is 12.1 Å². The molecule has 2 aliphatic carbocycles. The Morgan fingerprint density at radius 1 is 1.21 bits per heavy atom. The smallest absolute Gasteiger partial charge is 0.355 e. The van der Waals surface area contributed by atoms with Crippen molar-refractivity contribution in [1.29, 1.82) is 0 Å². The highest BCUT2D eigenvalue weighted by molar-refractivity contribution is 7.98. The second kappa shape index (κ2) is 12.3. The Balaban J connectivity index is 0.000000249. The summed E-state index contributed by atoms with van der Waals surface area (Å²) in [5.41, 5.74) is -0.790. The van der Waals surface area contributed by atoms with Crippen molar-refractivity contribution < 1.29 is 18.0 Å². The van der Waals surface area contributed by atoms with Gasteiger partial charge in [0.2, 0.25) is 0 Å². The Hall–Kier alpha value is -1.24. The number of carbonyl (C=O) groups is 1. The van der Waals surface area contributed by atoms with Gasteiger partial charge in [0.25, 0.3) is 5.91 Å². The van der Waals surface area contributed by atoms with Gasteiger partial charge in [-0.1, -0.05) is 39.0 Å². The van der Waals surface area contributed by atoms with Gasteiger partial charge in [-0.05, 0) is 55.7 Å². The molecule has 0 radical (unpaired) electrons. The van der Waals surface area contributed by atoms with Crippen molar-refractivity contribution in [2.75, 3.05) is 19.1 Å². The van der Waals surface area contributed by atoms with E-state index < -0.39 is 17.8 Å². The van der Waals surface area contributed by atoms with Crippen molar-refractivity contribution in [2.45, 2.75) is 65.0 Å². The van der Waals surface area contributed by atoms with Gasteiger partial charge in [-0.3, -0.25) is 4.79 Å². The van der Waals surface area contributed by atoms with E-state index in [-0.39, 0.29) is 11.3 Å². The lowest BCUT2D eigenvalue weighted by molar-refractivity contribution is -0.141. The zero-order valence-corrected chi connectivity index (χ0v) is 18.2. The van der Waals surface area contributed by atoms with Gasteiger partial charge >= 0.3 is 6.18 Å². The maximum Gasteiger partial charge on any atom is 0.433 e. The molecule has 1 aromatic heterocycles. The lowest BCUT2D eigenvalue weighted by Gasteiger charge is -2.24. The van der Waals surface area contributed by atoms with E-state index in [1.54, 1.807) is 32.1 Å². The van der Waals surface area contributed by atoms with Gasteiger partial charge in [0.15, 0.2) is 0 Å². The van der Waals surface area contributed by atoms with E-state index in [2.05, 4.69) is 23.5 Å². The van der Waals surface area contributed by atoms with Crippen molar-refractivity contribution >= 4 is 17.7 Å². The number of halogens is 3. The summed E-state index contributed by atoms with van der Waals surface area (Å²) >= 11 is 1.90. The molecule has 3 nitrogen and oxygen atoms in total. The summed E-state index contributed by atoms with van der Waals surface area (Å²) in [6, 6.07) is 1.90. The number of aromatic nitrogens is 1. The van der Waals surface area contributed by atoms with Crippen LogP contribution in [0.2, 0.25) is 0 Å². The number of aryl methyl sites for hydroxylation is 1. The molecule has 0 bridgehead atoms. The lowest BCUT2D eigenvalue weighted by atomic mass is 9.82. The van der Waals surface area contributed by atoms with Crippen LogP contribution in [-0.2, 0) is 6.18 Å². The molecule has 0 aliphatic heterocycles. The fraction of sp³-hybridized carbons (Fsp3) is 0.714. The predicted octanol–water partition coefficient (Wildman–Crippen LogP) is 6.11. The first-order valence-corrected chi connectivity index (χ1v) is 11.4. The number of nitrogens with zero attached hydrogens (tertiary/aromatic N) is 1. The first kappa shape index (κ1) is 24.8. The first-order chi connectivity index (χ1) is 13.2. The number of hydrogen-bond acceptors (Lipinski definition) is 3. The number of alkyl halides is 3. The topological polar surface area (TPSA) is 42.0 Å². The van der Waals surface area contributed by atoms with Crippen LogP contribution in [0.3, 0.4) is 0 Å². The molecular weight excluding hydrogens is 385 g/mol. The highest BCUT2D eigenvalue weighted by Crippen LogP contribution is 2.41. The van der Waals surface area contributed by atoms with Crippen LogP contribution in [-0.4, -0.2) is 29.9 Å². The summed E-state index contributed by atoms with van der Waals surface area (Å²) in [6.45, 7) is 3.55. The van der Waals surface area contributed by atoms with Crippen molar-refractivity contribution in [1.82, 2.24) is 10.3 Å². The van der Waals surface area contributed by atoms with E-state index in [9.17, 15) is 18.0 Å². The van der Waals surface area contributed by atoms with Crippen molar-refractivity contribution in [3.05, 3.63) is 29.1 Å². The molecular formula is C21H33F3N2OS. The zero-order valence-electron chi connectivity index (χ0n) is 17.4. The summed E-state index contributed by atoms with van der Waals surface area (Å²) in [6.07, 6.45) is 8.27. The average Bonchev–Trinajstić information content (AvgIpc) is 3.43. The molecule has 160 valence electrons. The van der Waals surface area contributed by atoms with Crippen molar-refractivity contribution in [3.63, 3.8) is 0 Å². The summed E-state index contributed by atoms with van der Waals surface area (Å²) < 4.78 is 36.7. The fourth-order valence-corrected chi connectivity index (χ4v) is 3.26. The van der Waals surface area contributed by atoms with Crippen LogP contribution in [0.1, 0.15) is 73.6 Å². The summed E-state index contributed by atoms with van der Waals surface area (Å²) in [4.78, 5) is 14.5. The van der Waals surface area contributed by atoms with Crippen LogP contribution >= 0.6 is 11.8 Å². The molecule has 0 saturated heterocycles. The number of hydrogen-bond donors (Lipinski definition) is 1. The number of pyridine rings is 1. The minimum absolute atomic E-state index is 0.0594. The third kappa shape index (κ3) is 9.30. The summed E-state index contributed by atoms with van der Waals surface area (Å²) in [5.74, 6) is 3.21. The van der Waals surface area contributed by atoms with E-state index >= 15 is 0 Å². The molecule has 0 unspecified atom stereocenters. The third-order valence-corrected chi connectivity index (χ3v) is 5.66. The van der Waals surface area contributed by atoms with E-state index in [1.165, 1.54) is 44.4 Å². The largest absolute Gasteiger partial charge is 0.433 e. The minimum Gasteiger partial charge on any atom is -0.355 e. The van der Waals surface area contributed by atoms with E-state index in [0.29, 0.717) is 0 Å². The minimum atomic E-state index is -4.48. The number of amides is 1. The van der Waals surface area contributed by atoms with Gasteiger partial charge in [0, 0.05) is 7.05 Å². The Labute approximate surface area is 171 Å². The number of carbonyl (C=O) groups excluding carboxylic acids is 1. The first-order valence-electron chi connectivity index (χ1n) is 9.98. The standard InChI is InChI=1S/C9H9F3N2O.C8H14.C4H10S/c1-5-6(8(15)13-2)3-4-7(14-5)9(10,11)12;1-2-7(3-1)6-8-4-5-8;1-3-4-5-2/h3-4H,1-2H3,(H,13,15);7-8H,1-6H2;3-4H2,1-2H3. The molecule has 0 spiro atoms. The van der Waals surface area contributed by atoms with Gasteiger partial charge < -0.3 is 5.32 Å². The molecule has 0 atom stereocenters. The quantitative estimate of drug-likeness (QED) is 0.627. The molecule has 1 aromatic rings. The molecule has 1 heterocycles. The predicted molar refractivity (Wildman–Crippen MR) is 111 cm³/mol. The van der Waals surface area contributed by atoms with Crippen LogP contribution in [0, 0.1) is 18.8 Å². The molecule has 2 saturated carbocycles. The molecule has 2 fully saturated rings. The summed E-state index contributed by atoms with van der Waals surface area (Å²) in [7, 11) is 1.40. The van der Waals surface area contributed by atoms with Crippen molar-refractivity contribution in [3.8, 4) is 0 Å². The highest BCUT2D eigenvalue weighted by Gasteiger charge is 2.33. The van der Waals surface area contributed by atoms with Crippen LogP contribution in [0.15, 0.2) is 12.1 Å². The maximum atomic E-state index is 12.2. The summed E-state index contributed by atoms with van der Waals surface area (Å²) in [5, 5.41) is 2.32. The monoisotopic (exact) mass is 418 g/mol. The maximum absolute atomic E-state index is 12.2. The van der Waals surface area contributed by atoms with Gasteiger partial charge in [-0.15, -0.1) is 0 Å². The molecule has 28 heavy (non-hydrogen) atoms. The van der Waals surface area contributed by atoms with E-state index in [4.69, 9.17) is 0 Å². The Kier molecular flexibility index (Phi) is 10.9. The van der Waals surface area contributed by atoms with Gasteiger partial charge in [0.1, 0.15) is 5.69 Å². The molecule has 1 amide bonds. The zero-order chi connectivity index (χ0) is 21.2. The lowest BCUT2D eigenvalue weighted by Crippen LogP contribution is -2.20. The van der Waals surface area contributed by atoms with Crippen LogP contribution in [0.5, 0.6) is 0 Å². The van der Waals surface area contributed by atoms with Gasteiger partial charge in [-0.25, -0.2) is 4.98 Å².